The fraction of sp³-hybridized carbons (Fsp3) is 0.0938. The number of thioether (sulfide) groups is 1. The number of hydrogen-bond acceptors (Lipinski definition) is 5. The summed E-state index contributed by atoms with van der Waals surface area (Å²) in [6, 6.07) is 27.3. The third kappa shape index (κ3) is 4.69. The van der Waals surface area contributed by atoms with Gasteiger partial charge >= 0.3 is 0 Å². The van der Waals surface area contributed by atoms with E-state index in [4.69, 9.17) is 4.98 Å². The molecule has 0 radical (unpaired) electrons. The summed E-state index contributed by atoms with van der Waals surface area (Å²) < 4.78 is 17.0. The lowest BCUT2D eigenvalue weighted by atomic mass is 10.1. The van der Waals surface area contributed by atoms with Gasteiger partial charge in [0.1, 0.15) is 10.6 Å². The van der Waals surface area contributed by atoms with Crippen LogP contribution in [-0.4, -0.2) is 25.7 Å². The zero-order chi connectivity index (χ0) is 27.8. The van der Waals surface area contributed by atoms with Gasteiger partial charge in [0.2, 0.25) is 0 Å². The van der Waals surface area contributed by atoms with Crippen molar-refractivity contribution >= 4 is 39.1 Å². The van der Waals surface area contributed by atoms with E-state index < -0.39 is 0 Å². The van der Waals surface area contributed by atoms with Gasteiger partial charge in [-0.3, -0.25) is 14.2 Å². The van der Waals surface area contributed by atoms with Crippen LogP contribution in [0.5, 0.6) is 0 Å². The van der Waals surface area contributed by atoms with Gasteiger partial charge in [-0.15, -0.1) is 11.3 Å². The maximum Gasteiger partial charge on any atom is 0.268 e. The van der Waals surface area contributed by atoms with E-state index in [2.05, 4.69) is 0 Å². The van der Waals surface area contributed by atoms with Gasteiger partial charge in [0.25, 0.3) is 5.56 Å². The molecule has 0 aliphatic rings. The Kier molecular flexibility index (Phi) is 6.96. The highest BCUT2D eigenvalue weighted by molar-refractivity contribution is 7.99. The summed E-state index contributed by atoms with van der Waals surface area (Å²) in [5.41, 5.74) is 5.38. The molecule has 0 spiro atoms. The first-order valence-corrected chi connectivity index (χ1v) is 14.5. The van der Waals surface area contributed by atoms with Crippen molar-refractivity contribution in [1.29, 1.82) is 0 Å². The monoisotopic (exact) mass is 565 g/mol. The minimum Gasteiger partial charge on any atom is -0.318 e. The van der Waals surface area contributed by atoms with E-state index >= 15 is 0 Å². The van der Waals surface area contributed by atoms with Crippen molar-refractivity contribution in [2.75, 3.05) is 5.75 Å². The van der Waals surface area contributed by atoms with E-state index in [1.165, 1.54) is 35.2 Å². The number of Topliss-reactive ketones (excluding diaryl/α,β-unsaturated/α-hetero) is 1. The number of carbonyl (C=O) groups is 1. The summed E-state index contributed by atoms with van der Waals surface area (Å²) in [6.45, 7) is 3.80. The molecule has 0 N–H and O–H groups in total. The minimum absolute atomic E-state index is 0.0726. The number of carbonyl (C=O) groups excluding carboxylic acids is 1. The van der Waals surface area contributed by atoms with E-state index in [1.807, 2.05) is 90.5 Å². The molecule has 0 aliphatic carbocycles. The highest BCUT2D eigenvalue weighted by Gasteiger charge is 2.21. The number of nitrogens with zero attached hydrogens (tertiary/aromatic N) is 3. The SMILES string of the molecule is Cc1cc(C(=O)CSc2nc3scc(-c4ccccc4)c3c(=O)n2-c2ccccc2)c(C)n1-c1ccc(F)cc1. The Bertz CT molecular complexity index is 1910. The van der Waals surface area contributed by atoms with Gasteiger partial charge in [0.15, 0.2) is 10.9 Å². The largest absolute Gasteiger partial charge is 0.318 e. The Hall–Kier alpha value is -4.27. The number of halogens is 1. The van der Waals surface area contributed by atoms with Crippen molar-refractivity contribution in [3.8, 4) is 22.5 Å². The molecule has 5 nitrogen and oxygen atoms in total. The standard InChI is InChI=1S/C32H24FN3O2S2/c1-20-17-26(21(2)35(20)25-15-13-23(33)14-16-25)28(37)19-40-32-34-30-29(27(18-39-30)22-9-5-3-6-10-22)31(38)36(32)24-11-7-4-8-12-24/h3-18H,19H2,1-2H3. The van der Waals surface area contributed by atoms with Crippen LogP contribution >= 0.6 is 23.1 Å². The molecular formula is C32H24FN3O2S2. The second kappa shape index (κ2) is 10.7. The topological polar surface area (TPSA) is 56.9 Å². The van der Waals surface area contributed by atoms with Gasteiger partial charge in [0, 0.05) is 33.6 Å². The second-order valence-electron chi connectivity index (χ2n) is 9.37. The molecule has 0 bridgehead atoms. The van der Waals surface area contributed by atoms with Gasteiger partial charge < -0.3 is 4.57 Å². The van der Waals surface area contributed by atoms with Crippen molar-refractivity contribution in [3.63, 3.8) is 0 Å². The maximum atomic E-state index is 14.0. The van der Waals surface area contributed by atoms with Crippen LogP contribution in [0.4, 0.5) is 4.39 Å². The molecule has 3 aromatic heterocycles. The Morgan fingerprint density at radius 3 is 2.25 bits per heavy atom. The summed E-state index contributed by atoms with van der Waals surface area (Å²) in [5, 5.41) is 3.00. The molecule has 0 fully saturated rings. The predicted octanol–water partition coefficient (Wildman–Crippen LogP) is 7.64. The highest BCUT2D eigenvalue weighted by Crippen LogP contribution is 2.33. The lowest BCUT2D eigenvalue weighted by Crippen LogP contribution is -2.22. The Morgan fingerprint density at radius 2 is 1.55 bits per heavy atom. The van der Waals surface area contributed by atoms with E-state index in [9.17, 15) is 14.0 Å². The predicted molar refractivity (Wildman–Crippen MR) is 161 cm³/mol. The Balaban J connectivity index is 1.38. The van der Waals surface area contributed by atoms with Crippen LogP contribution in [-0.2, 0) is 0 Å². The Morgan fingerprint density at radius 1 is 0.900 bits per heavy atom. The van der Waals surface area contributed by atoms with E-state index in [0.29, 0.717) is 26.6 Å². The van der Waals surface area contributed by atoms with E-state index in [-0.39, 0.29) is 22.9 Å². The fourth-order valence-electron chi connectivity index (χ4n) is 4.94. The van der Waals surface area contributed by atoms with Gasteiger partial charge in [-0.1, -0.05) is 60.3 Å². The highest BCUT2D eigenvalue weighted by atomic mass is 32.2. The number of benzene rings is 3. The minimum atomic E-state index is -0.311. The molecule has 0 saturated heterocycles. The van der Waals surface area contributed by atoms with E-state index in [0.717, 1.165) is 28.2 Å². The molecule has 198 valence electrons. The van der Waals surface area contributed by atoms with Crippen molar-refractivity contribution in [2.45, 2.75) is 19.0 Å². The zero-order valence-electron chi connectivity index (χ0n) is 21.8. The number of aryl methyl sites for hydroxylation is 1. The summed E-state index contributed by atoms with van der Waals surface area (Å²) in [5.74, 6) is -0.277. The number of fused-ring (bicyclic) bond motifs is 1. The molecule has 3 aromatic carbocycles. The van der Waals surface area contributed by atoms with Crippen LogP contribution in [0.3, 0.4) is 0 Å². The third-order valence-corrected chi connectivity index (χ3v) is 8.64. The van der Waals surface area contributed by atoms with Gasteiger partial charge in [-0.2, -0.15) is 0 Å². The number of thiophene rings is 1. The quantitative estimate of drug-likeness (QED) is 0.113. The maximum absolute atomic E-state index is 14.0. The molecule has 8 heteroatoms. The molecule has 3 heterocycles. The molecule has 0 unspecified atom stereocenters. The second-order valence-corrected chi connectivity index (χ2v) is 11.2. The molecule has 0 atom stereocenters. The lowest BCUT2D eigenvalue weighted by Gasteiger charge is -2.13. The first kappa shape index (κ1) is 26.0. The van der Waals surface area contributed by atoms with Crippen LogP contribution in [0.25, 0.3) is 32.7 Å². The smallest absolute Gasteiger partial charge is 0.268 e. The van der Waals surface area contributed by atoms with Gasteiger partial charge in [0.05, 0.1) is 16.8 Å². The number of rotatable bonds is 7. The van der Waals surface area contributed by atoms with Crippen LogP contribution in [0.2, 0.25) is 0 Å². The average Bonchev–Trinajstić information content (AvgIpc) is 3.54. The van der Waals surface area contributed by atoms with Crippen molar-refractivity contribution in [2.24, 2.45) is 0 Å². The van der Waals surface area contributed by atoms with Crippen LogP contribution in [0, 0.1) is 19.7 Å². The molecule has 6 rings (SSSR count). The van der Waals surface area contributed by atoms with Crippen LogP contribution < -0.4 is 5.56 Å². The zero-order valence-corrected chi connectivity index (χ0v) is 23.4. The number of hydrogen-bond donors (Lipinski definition) is 0. The van der Waals surface area contributed by atoms with Gasteiger partial charge in [-0.25, -0.2) is 9.37 Å². The summed E-state index contributed by atoms with van der Waals surface area (Å²) in [7, 11) is 0. The molecule has 40 heavy (non-hydrogen) atoms. The molecule has 6 aromatic rings. The summed E-state index contributed by atoms with van der Waals surface area (Å²) >= 11 is 2.68. The van der Waals surface area contributed by atoms with E-state index in [1.54, 1.807) is 16.7 Å². The van der Waals surface area contributed by atoms with Crippen molar-refractivity contribution in [1.82, 2.24) is 14.1 Å². The lowest BCUT2D eigenvalue weighted by molar-refractivity contribution is 0.102. The van der Waals surface area contributed by atoms with Crippen LogP contribution in [0.15, 0.2) is 106 Å². The number of ketones is 1. The first-order chi connectivity index (χ1) is 19.4. The summed E-state index contributed by atoms with van der Waals surface area (Å²) in [6.07, 6.45) is 0. The van der Waals surface area contributed by atoms with Crippen molar-refractivity contribution in [3.05, 3.63) is 129 Å². The van der Waals surface area contributed by atoms with Crippen LogP contribution in [0.1, 0.15) is 21.7 Å². The normalized spacial score (nSPS) is 11.3. The summed E-state index contributed by atoms with van der Waals surface area (Å²) in [4.78, 5) is 33.0. The number of para-hydroxylation sites is 1. The average molecular weight is 566 g/mol. The third-order valence-electron chi connectivity index (χ3n) is 6.82. The first-order valence-electron chi connectivity index (χ1n) is 12.7. The molecule has 0 saturated carbocycles. The molecule has 0 amide bonds. The molecule has 0 aliphatic heterocycles. The number of aromatic nitrogens is 3. The molecular weight excluding hydrogens is 542 g/mol. The van der Waals surface area contributed by atoms with Crippen molar-refractivity contribution < 1.29 is 9.18 Å². The van der Waals surface area contributed by atoms with Gasteiger partial charge in [-0.05, 0) is 61.9 Å². The Labute approximate surface area is 238 Å². The fourth-order valence-corrected chi connectivity index (χ4v) is 6.83.